The molecule has 1 aromatic carbocycles. The van der Waals surface area contributed by atoms with Gasteiger partial charge in [-0.15, -0.1) is 0 Å². The maximum atomic E-state index is 11.7. The molecule has 8 N–H and O–H groups in total. The van der Waals surface area contributed by atoms with Crippen LogP contribution < -0.4 is 32.8 Å². The van der Waals surface area contributed by atoms with Crippen molar-refractivity contribution < 1.29 is 9.78 Å². The summed E-state index contributed by atoms with van der Waals surface area (Å²) in [6.45, 7) is 0.554. The quantitative estimate of drug-likeness (QED) is 0.316. The predicted molar refractivity (Wildman–Crippen MR) is 81.2 cm³/mol. The van der Waals surface area contributed by atoms with Crippen LogP contribution in [0.15, 0.2) is 36.4 Å². The summed E-state index contributed by atoms with van der Waals surface area (Å²) >= 11 is 6.20. The molecule has 1 aromatic heterocycles. The van der Waals surface area contributed by atoms with Crippen LogP contribution in [0.1, 0.15) is 16.1 Å². The van der Waals surface area contributed by atoms with Gasteiger partial charge in [-0.25, -0.2) is 10.8 Å². The van der Waals surface area contributed by atoms with Gasteiger partial charge >= 0.3 is 5.91 Å². The van der Waals surface area contributed by atoms with Crippen molar-refractivity contribution in [3.63, 3.8) is 0 Å². The van der Waals surface area contributed by atoms with Crippen molar-refractivity contribution >= 4 is 29.0 Å². The zero-order chi connectivity index (χ0) is 15.2. The average molecular weight is 308 g/mol. The van der Waals surface area contributed by atoms with Crippen molar-refractivity contribution in [1.29, 1.82) is 0 Å². The number of hydrogen-bond acceptors (Lipinski definition) is 5. The molecule has 0 spiro atoms. The van der Waals surface area contributed by atoms with E-state index in [0.717, 1.165) is 5.56 Å². The number of hydrogen-bond donors (Lipinski definition) is 5. The molecular weight excluding hydrogens is 292 g/mol. The monoisotopic (exact) mass is 307 g/mol. The second-order valence-corrected chi connectivity index (χ2v) is 4.62. The van der Waals surface area contributed by atoms with Crippen molar-refractivity contribution in [2.75, 3.05) is 10.7 Å². The highest BCUT2D eigenvalue weighted by atomic mass is 35.5. The van der Waals surface area contributed by atoms with Crippen molar-refractivity contribution in [1.82, 2.24) is 5.43 Å². The van der Waals surface area contributed by atoms with Gasteiger partial charge in [0.15, 0.2) is 0 Å². The number of pyridine rings is 1. The van der Waals surface area contributed by atoms with Crippen molar-refractivity contribution in [3.05, 3.63) is 52.7 Å². The minimum absolute atomic E-state index is 0.116. The lowest BCUT2D eigenvalue weighted by Gasteiger charge is -2.10. The Balaban J connectivity index is 2.27. The zero-order valence-corrected chi connectivity index (χ0v) is 11.9. The standard InChI is InChI=1S/C13H15ClN6O/c14-11-9(17-7-8-4-2-1-3-5-8)6-10(19-15)18-12(11)13(21)20-16/h1-6H,7,15-16H2,(H,20,21)(H2,17,18,19)/p+1. The first-order valence-corrected chi connectivity index (χ1v) is 6.54. The van der Waals surface area contributed by atoms with E-state index < -0.39 is 5.91 Å². The Morgan fingerprint density at radius 1 is 1.24 bits per heavy atom. The van der Waals surface area contributed by atoms with Gasteiger partial charge in [0.05, 0.1) is 11.8 Å². The van der Waals surface area contributed by atoms with Gasteiger partial charge in [-0.05, 0) is 5.56 Å². The summed E-state index contributed by atoms with van der Waals surface area (Å²) in [6.07, 6.45) is 0. The molecule has 0 aliphatic rings. The van der Waals surface area contributed by atoms with E-state index in [2.05, 4.69) is 15.7 Å². The first-order chi connectivity index (χ1) is 10.2. The minimum Gasteiger partial charge on any atom is -0.379 e. The maximum Gasteiger partial charge on any atom is 0.306 e. The van der Waals surface area contributed by atoms with Gasteiger partial charge in [0, 0.05) is 6.54 Å². The summed E-state index contributed by atoms with van der Waals surface area (Å²) in [5, 5.41) is 3.38. The summed E-state index contributed by atoms with van der Waals surface area (Å²) in [7, 11) is 0. The van der Waals surface area contributed by atoms with Crippen molar-refractivity contribution in [2.45, 2.75) is 6.54 Å². The third-order valence-corrected chi connectivity index (χ3v) is 3.24. The number of aromatic amines is 1. The number of hydrazine groups is 2. The smallest absolute Gasteiger partial charge is 0.306 e. The van der Waals surface area contributed by atoms with E-state index >= 15 is 0 Å². The molecule has 21 heavy (non-hydrogen) atoms. The normalized spacial score (nSPS) is 10.0. The number of halogens is 1. The van der Waals surface area contributed by atoms with E-state index in [1.54, 1.807) is 6.07 Å². The number of anilines is 2. The van der Waals surface area contributed by atoms with Gasteiger partial charge in [-0.2, -0.15) is 11.3 Å². The summed E-state index contributed by atoms with van der Waals surface area (Å²) in [6, 6.07) is 11.4. The van der Waals surface area contributed by atoms with Crippen LogP contribution in [-0.2, 0) is 6.54 Å². The molecule has 110 valence electrons. The first-order valence-electron chi connectivity index (χ1n) is 6.17. The highest BCUT2D eigenvalue weighted by Crippen LogP contribution is 2.25. The SMILES string of the molecule is NNC(=O)c1[nH+]c(NN)cc(NCc2ccccc2)c1Cl. The van der Waals surface area contributed by atoms with Crippen LogP contribution in [0.25, 0.3) is 0 Å². The third kappa shape index (κ3) is 3.60. The third-order valence-electron chi connectivity index (χ3n) is 2.84. The number of nitrogens with two attached hydrogens (primary N) is 2. The van der Waals surface area contributed by atoms with Crippen LogP contribution >= 0.6 is 11.6 Å². The average Bonchev–Trinajstić information content (AvgIpc) is 2.54. The highest BCUT2D eigenvalue weighted by Gasteiger charge is 2.20. The summed E-state index contributed by atoms with van der Waals surface area (Å²) in [5.74, 6) is 10.4. The molecule has 0 radical (unpaired) electrons. The molecular formula is C13H16ClN6O+. The van der Waals surface area contributed by atoms with Crippen molar-refractivity contribution in [3.8, 4) is 0 Å². The second-order valence-electron chi connectivity index (χ2n) is 4.24. The molecule has 0 aliphatic carbocycles. The van der Waals surface area contributed by atoms with Crippen LogP contribution in [0.3, 0.4) is 0 Å². The van der Waals surface area contributed by atoms with Crippen LogP contribution in [0.2, 0.25) is 5.02 Å². The van der Waals surface area contributed by atoms with Gasteiger partial charge in [0.1, 0.15) is 5.02 Å². The van der Waals surface area contributed by atoms with Crippen LogP contribution in [-0.4, -0.2) is 5.91 Å². The van der Waals surface area contributed by atoms with Gasteiger partial charge < -0.3 is 5.32 Å². The molecule has 0 unspecified atom stereocenters. The molecule has 2 rings (SSSR count). The number of carbonyl (C=O) groups is 1. The number of nitrogens with one attached hydrogen (secondary N) is 4. The first kappa shape index (κ1) is 15.0. The second kappa shape index (κ2) is 6.89. The molecule has 8 heteroatoms. The van der Waals surface area contributed by atoms with E-state index in [9.17, 15) is 4.79 Å². The Hall–Kier alpha value is -2.35. The van der Waals surface area contributed by atoms with Gasteiger partial charge in [-0.1, -0.05) is 41.9 Å². The van der Waals surface area contributed by atoms with Crippen LogP contribution in [0, 0.1) is 0 Å². The molecule has 7 nitrogen and oxygen atoms in total. The fraction of sp³-hybridized carbons (Fsp3) is 0.0769. The topological polar surface area (TPSA) is 119 Å². The zero-order valence-electron chi connectivity index (χ0n) is 11.1. The van der Waals surface area contributed by atoms with Crippen LogP contribution in [0.5, 0.6) is 0 Å². The Bertz CT molecular complexity index is 634. The summed E-state index contributed by atoms with van der Waals surface area (Å²) in [4.78, 5) is 14.4. The summed E-state index contributed by atoms with van der Waals surface area (Å²) < 4.78 is 0. The van der Waals surface area contributed by atoms with E-state index in [1.807, 2.05) is 35.8 Å². The van der Waals surface area contributed by atoms with Gasteiger partial charge in [0.2, 0.25) is 5.69 Å². The van der Waals surface area contributed by atoms with Crippen LogP contribution in [0.4, 0.5) is 11.5 Å². The molecule has 0 saturated carbocycles. The van der Waals surface area contributed by atoms with Gasteiger partial charge in [-0.3, -0.25) is 10.2 Å². The lowest BCUT2D eigenvalue weighted by molar-refractivity contribution is -0.365. The Labute approximate surface area is 126 Å². The van der Waals surface area contributed by atoms with E-state index in [-0.39, 0.29) is 10.7 Å². The lowest BCUT2D eigenvalue weighted by atomic mass is 10.2. The molecule has 0 saturated heterocycles. The molecule has 0 bridgehead atoms. The minimum atomic E-state index is -0.542. The number of benzene rings is 1. The van der Waals surface area contributed by atoms with E-state index in [4.69, 9.17) is 23.3 Å². The van der Waals surface area contributed by atoms with E-state index in [1.165, 1.54) is 0 Å². The lowest BCUT2D eigenvalue weighted by Crippen LogP contribution is -2.36. The highest BCUT2D eigenvalue weighted by molar-refractivity contribution is 6.35. The molecule has 0 atom stereocenters. The molecule has 1 amide bonds. The van der Waals surface area contributed by atoms with Gasteiger partial charge in [0.25, 0.3) is 5.82 Å². The largest absolute Gasteiger partial charge is 0.379 e. The molecule has 0 fully saturated rings. The Morgan fingerprint density at radius 3 is 2.57 bits per heavy atom. The predicted octanol–water partition coefficient (Wildman–Crippen LogP) is 0.655. The number of aromatic nitrogens is 1. The van der Waals surface area contributed by atoms with E-state index in [0.29, 0.717) is 18.1 Å². The number of amides is 1. The maximum absolute atomic E-state index is 11.7. The Kier molecular flexibility index (Phi) is 4.94. The molecule has 2 aromatic rings. The number of nitrogen functional groups attached to an aromatic ring is 2. The fourth-order valence-corrected chi connectivity index (χ4v) is 2.05. The number of H-pyrrole nitrogens is 1. The fourth-order valence-electron chi connectivity index (χ4n) is 1.80. The Morgan fingerprint density at radius 2 is 1.95 bits per heavy atom. The van der Waals surface area contributed by atoms with Crippen molar-refractivity contribution in [2.24, 2.45) is 11.7 Å². The summed E-state index contributed by atoms with van der Waals surface area (Å²) in [5.41, 5.74) is 6.21. The number of carbonyl (C=O) groups excluding carboxylic acids is 1. The number of rotatable bonds is 5. The molecule has 0 aliphatic heterocycles. The molecule has 1 heterocycles.